The van der Waals surface area contributed by atoms with Crippen molar-refractivity contribution in [2.45, 2.75) is 12.7 Å². The molecule has 1 N–H and O–H groups in total. The van der Waals surface area contributed by atoms with Crippen molar-refractivity contribution >= 4 is 10.8 Å². The number of nitrogens with zero attached hydrogens (tertiary/aromatic N) is 2. The summed E-state index contributed by atoms with van der Waals surface area (Å²) in [6.45, 7) is 4.58. The van der Waals surface area contributed by atoms with Gasteiger partial charge in [0.15, 0.2) is 0 Å². The molecule has 6 heteroatoms. The van der Waals surface area contributed by atoms with Crippen LogP contribution in [-0.2, 0) is 12.7 Å². The first-order valence-electron chi connectivity index (χ1n) is 6.91. The Labute approximate surface area is 120 Å². The van der Waals surface area contributed by atoms with Gasteiger partial charge in [-0.1, -0.05) is 12.1 Å². The summed E-state index contributed by atoms with van der Waals surface area (Å²) >= 11 is 0. The monoisotopic (exact) mass is 295 g/mol. The summed E-state index contributed by atoms with van der Waals surface area (Å²) in [4.78, 5) is 6.01. The lowest BCUT2D eigenvalue weighted by Crippen LogP contribution is -2.42. The van der Waals surface area contributed by atoms with Gasteiger partial charge in [-0.05, 0) is 17.0 Å². The molecule has 0 bridgehead atoms. The third-order valence-corrected chi connectivity index (χ3v) is 3.74. The summed E-state index contributed by atoms with van der Waals surface area (Å²) < 4.78 is 38.8. The van der Waals surface area contributed by atoms with Crippen LogP contribution in [0.2, 0.25) is 0 Å². The number of benzene rings is 1. The van der Waals surface area contributed by atoms with E-state index in [9.17, 15) is 13.2 Å². The van der Waals surface area contributed by atoms with E-state index < -0.39 is 11.7 Å². The largest absolute Gasteiger partial charge is 0.418 e. The maximum Gasteiger partial charge on any atom is 0.418 e. The van der Waals surface area contributed by atoms with Gasteiger partial charge in [0, 0.05) is 50.5 Å². The van der Waals surface area contributed by atoms with E-state index >= 15 is 0 Å². The average Bonchev–Trinajstić information content (AvgIpc) is 2.46. The lowest BCUT2D eigenvalue weighted by molar-refractivity contribution is -0.136. The van der Waals surface area contributed by atoms with E-state index in [0.29, 0.717) is 5.39 Å². The topological polar surface area (TPSA) is 28.2 Å². The molecule has 112 valence electrons. The van der Waals surface area contributed by atoms with E-state index in [1.54, 1.807) is 18.2 Å². The summed E-state index contributed by atoms with van der Waals surface area (Å²) in [6, 6.07) is 5.14. The molecule has 3 nitrogen and oxygen atoms in total. The second kappa shape index (κ2) is 5.61. The lowest BCUT2D eigenvalue weighted by atomic mass is 10.0. The summed E-state index contributed by atoms with van der Waals surface area (Å²) in [6.07, 6.45) is -1.99. The van der Waals surface area contributed by atoms with Crippen LogP contribution in [0, 0.1) is 0 Å². The molecule has 1 aromatic carbocycles. The van der Waals surface area contributed by atoms with Crippen molar-refractivity contribution in [1.29, 1.82) is 0 Å². The summed E-state index contributed by atoms with van der Waals surface area (Å²) in [7, 11) is 0. The Bertz CT molecular complexity index is 634. The van der Waals surface area contributed by atoms with Gasteiger partial charge in [0.2, 0.25) is 0 Å². The van der Waals surface area contributed by atoms with E-state index in [2.05, 4.69) is 15.2 Å². The minimum Gasteiger partial charge on any atom is -0.314 e. The van der Waals surface area contributed by atoms with Crippen molar-refractivity contribution in [3.05, 3.63) is 41.7 Å². The highest BCUT2D eigenvalue weighted by molar-refractivity contribution is 5.85. The standard InChI is InChI=1S/C15H16F3N3/c16-15(17,18)14-9-20-8-12-7-11(1-2-13(12)14)10-21-5-3-19-4-6-21/h1-2,7-9,19H,3-6,10H2. The molecule has 1 aromatic heterocycles. The number of rotatable bonds is 2. The molecule has 3 rings (SSSR count). The molecule has 0 amide bonds. The Morgan fingerprint density at radius 1 is 1.14 bits per heavy atom. The first-order valence-corrected chi connectivity index (χ1v) is 6.91. The second-order valence-electron chi connectivity index (χ2n) is 5.27. The summed E-state index contributed by atoms with van der Waals surface area (Å²) in [5, 5.41) is 4.03. The highest BCUT2D eigenvalue weighted by Gasteiger charge is 2.32. The van der Waals surface area contributed by atoms with Crippen LogP contribution in [0.4, 0.5) is 13.2 Å². The quantitative estimate of drug-likeness (QED) is 0.923. The van der Waals surface area contributed by atoms with E-state index in [1.165, 1.54) is 6.20 Å². The van der Waals surface area contributed by atoms with Crippen molar-refractivity contribution in [2.75, 3.05) is 26.2 Å². The van der Waals surface area contributed by atoms with Crippen molar-refractivity contribution in [3.8, 4) is 0 Å². The Kier molecular flexibility index (Phi) is 3.82. The predicted octanol–water partition coefficient (Wildman–Crippen LogP) is 2.66. The predicted molar refractivity (Wildman–Crippen MR) is 74.9 cm³/mol. The normalized spacial score (nSPS) is 17.3. The van der Waals surface area contributed by atoms with E-state index in [-0.39, 0.29) is 5.39 Å². The number of fused-ring (bicyclic) bond motifs is 1. The van der Waals surface area contributed by atoms with Crippen molar-refractivity contribution in [3.63, 3.8) is 0 Å². The minimum absolute atomic E-state index is 0.210. The number of aromatic nitrogens is 1. The van der Waals surface area contributed by atoms with Gasteiger partial charge in [0.25, 0.3) is 0 Å². The van der Waals surface area contributed by atoms with Gasteiger partial charge in [-0.15, -0.1) is 0 Å². The van der Waals surface area contributed by atoms with Crippen LogP contribution in [0.15, 0.2) is 30.6 Å². The SMILES string of the molecule is FC(F)(F)c1cncc2cc(CN3CCNCC3)ccc12. The maximum absolute atomic E-state index is 12.9. The molecule has 1 fully saturated rings. The Morgan fingerprint density at radius 2 is 1.90 bits per heavy atom. The zero-order chi connectivity index (χ0) is 14.9. The molecular formula is C15H16F3N3. The molecule has 1 saturated heterocycles. The molecule has 2 heterocycles. The van der Waals surface area contributed by atoms with Gasteiger partial charge in [0.05, 0.1) is 5.56 Å². The Balaban J connectivity index is 1.90. The van der Waals surface area contributed by atoms with Crippen LogP contribution in [0.25, 0.3) is 10.8 Å². The molecular weight excluding hydrogens is 279 g/mol. The molecule has 0 spiro atoms. The van der Waals surface area contributed by atoms with Crippen LogP contribution in [0.3, 0.4) is 0 Å². The molecule has 1 aliphatic heterocycles. The van der Waals surface area contributed by atoms with E-state index in [4.69, 9.17) is 0 Å². The van der Waals surface area contributed by atoms with Gasteiger partial charge < -0.3 is 5.32 Å². The number of nitrogens with one attached hydrogen (secondary N) is 1. The fourth-order valence-electron chi connectivity index (χ4n) is 2.68. The number of halogens is 3. The van der Waals surface area contributed by atoms with Crippen LogP contribution in [-0.4, -0.2) is 36.1 Å². The van der Waals surface area contributed by atoms with Gasteiger partial charge in [-0.25, -0.2) is 0 Å². The lowest BCUT2D eigenvalue weighted by Gasteiger charge is -2.27. The third-order valence-electron chi connectivity index (χ3n) is 3.74. The van der Waals surface area contributed by atoms with Gasteiger partial charge in [-0.3, -0.25) is 9.88 Å². The number of alkyl halides is 3. The summed E-state index contributed by atoms with van der Waals surface area (Å²) in [5.74, 6) is 0. The molecule has 21 heavy (non-hydrogen) atoms. The van der Waals surface area contributed by atoms with Crippen molar-refractivity contribution in [1.82, 2.24) is 15.2 Å². The first kappa shape index (κ1) is 14.3. The second-order valence-corrected chi connectivity index (χ2v) is 5.27. The van der Waals surface area contributed by atoms with Crippen LogP contribution >= 0.6 is 0 Å². The van der Waals surface area contributed by atoms with Gasteiger partial charge in [-0.2, -0.15) is 13.2 Å². The van der Waals surface area contributed by atoms with Crippen molar-refractivity contribution < 1.29 is 13.2 Å². The fourth-order valence-corrected chi connectivity index (χ4v) is 2.68. The highest BCUT2D eigenvalue weighted by Crippen LogP contribution is 2.34. The fraction of sp³-hybridized carbons (Fsp3) is 0.400. The number of pyridine rings is 1. The van der Waals surface area contributed by atoms with Gasteiger partial charge >= 0.3 is 6.18 Å². The molecule has 2 aromatic rings. The van der Waals surface area contributed by atoms with Crippen LogP contribution in [0.5, 0.6) is 0 Å². The maximum atomic E-state index is 12.9. The van der Waals surface area contributed by atoms with E-state index in [1.807, 2.05) is 0 Å². The molecule has 0 aliphatic carbocycles. The molecule has 0 radical (unpaired) electrons. The number of hydrogen-bond acceptors (Lipinski definition) is 3. The zero-order valence-corrected chi connectivity index (χ0v) is 11.5. The average molecular weight is 295 g/mol. The summed E-state index contributed by atoms with van der Waals surface area (Å²) in [5.41, 5.74) is 0.347. The first-order chi connectivity index (χ1) is 10.0. The van der Waals surface area contributed by atoms with Crippen molar-refractivity contribution in [2.24, 2.45) is 0 Å². The minimum atomic E-state index is -4.37. The smallest absolute Gasteiger partial charge is 0.314 e. The molecule has 0 atom stereocenters. The molecule has 0 saturated carbocycles. The molecule has 1 aliphatic rings. The van der Waals surface area contributed by atoms with Crippen LogP contribution < -0.4 is 5.32 Å². The highest BCUT2D eigenvalue weighted by atomic mass is 19.4. The Morgan fingerprint density at radius 3 is 2.62 bits per heavy atom. The third kappa shape index (κ3) is 3.16. The Hall–Kier alpha value is -1.66. The zero-order valence-electron chi connectivity index (χ0n) is 11.5. The van der Waals surface area contributed by atoms with E-state index in [0.717, 1.165) is 44.5 Å². The number of hydrogen-bond donors (Lipinski definition) is 1. The number of piperazine rings is 1. The van der Waals surface area contributed by atoms with Gasteiger partial charge in [0.1, 0.15) is 0 Å². The molecule has 0 unspecified atom stereocenters. The van der Waals surface area contributed by atoms with Crippen LogP contribution in [0.1, 0.15) is 11.1 Å².